The Balaban J connectivity index is 2.77. The molecule has 0 saturated heterocycles. The zero-order valence-electron chi connectivity index (χ0n) is 8.77. The van der Waals surface area contributed by atoms with Crippen LogP contribution in [0.2, 0.25) is 0 Å². The molecule has 1 amide bonds. The fourth-order valence-corrected chi connectivity index (χ4v) is 1.18. The lowest BCUT2D eigenvalue weighted by atomic mass is 10.1. The first-order valence-corrected chi connectivity index (χ1v) is 4.92. The molecule has 0 radical (unpaired) electrons. The fourth-order valence-electron chi connectivity index (χ4n) is 1.18. The summed E-state index contributed by atoms with van der Waals surface area (Å²) in [6.45, 7) is 2.67. The van der Waals surface area contributed by atoms with Gasteiger partial charge in [0, 0.05) is 0 Å². The smallest absolute Gasteiger partial charge is 0.238 e. The van der Waals surface area contributed by atoms with Gasteiger partial charge in [0.1, 0.15) is 11.8 Å². The average Bonchev–Trinajstić information content (AvgIpc) is 2.25. The third-order valence-corrected chi connectivity index (χ3v) is 2.00. The normalized spacial score (nSPS) is 12.1. The molecule has 0 heterocycles. The molecule has 15 heavy (non-hydrogen) atoms. The average molecular weight is 208 g/mol. The van der Waals surface area contributed by atoms with E-state index in [4.69, 9.17) is 16.2 Å². The summed E-state index contributed by atoms with van der Waals surface area (Å²) in [5.41, 5.74) is 11.4. The molecule has 0 spiro atoms. The largest absolute Gasteiger partial charge is 0.494 e. The van der Waals surface area contributed by atoms with Crippen LogP contribution in [-0.4, -0.2) is 12.5 Å². The molecule has 82 valence electrons. The van der Waals surface area contributed by atoms with Crippen LogP contribution in [0, 0.1) is 0 Å². The second kappa shape index (κ2) is 5.36. The van der Waals surface area contributed by atoms with Crippen LogP contribution in [-0.2, 0) is 4.79 Å². The predicted octanol–water partition coefficient (Wildman–Crippen LogP) is 0.961. The lowest BCUT2D eigenvalue weighted by molar-refractivity contribution is -0.119. The van der Waals surface area contributed by atoms with Crippen molar-refractivity contribution in [3.8, 4) is 5.75 Å². The number of benzene rings is 1. The van der Waals surface area contributed by atoms with E-state index in [0.717, 1.165) is 6.42 Å². The molecule has 0 aromatic heterocycles. The molecule has 1 rings (SSSR count). The molecule has 0 aliphatic heterocycles. The van der Waals surface area contributed by atoms with Gasteiger partial charge in [-0.3, -0.25) is 4.79 Å². The van der Waals surface area contributed by atoms with Gasteiger partial charge in [0.2, 0.25) is 5.91 Å². The van der Waals surface area contributed by atoms with Crippen LogP contribution in [0.25, 0.3) is 0 Å². The minimum absolute atomic E-state index is 0.539. The number of ether oxygens (including phenoxy) is 1. The van der Waals surface area contributed by atoms with Gasteiger partial charge in [-0.15, -0.1) is 0 Å². The summed E-state index contributed by atoms with van der Waals surface area (Å²) >= 11 is 0. The van der Waals surface area contributed by atoms with Crippen molar-refractivity contribution in [2.75, 3.05) is 6.61 Å². The Morgan fingerprint density at radius 1 is 1.53 bits per heavy atom. The Kier molecular flexibility index (Phi) is 4.12. The summed E-state index contributed by atoms with van der Waals surface area (Å²) in [6.07, 6.45) is 0.937. The molecule has 1 unspecified atom stereocenters. The van der Waals surface area contributed by atoms with E-state index in [-0.39, 0.29) is 0 Å². The van der Waals surface area contributed by atoms with Crippen molar-refractivity contribution in [2.45, 2.75) is 19.4 Å². The topological polar surface area (TPSA) is 78.3 Å². The molecule has 1 aromatic carbocycles. The van der Waals surface area contributed by atoms with Crippen molar-refractivity contribution in [1.82, 2.24) is 0 Å². The van der Waals surface area contributed by atoms with Crippen LogP contribution < -0.4 is 16.2 Å². The van der Waals surface area contributed by atoms with Gasteiger partial charge in [-0.2, -0.15) is 0 Å². The minimum atomic E-state index is -0.768. The zero-order valence-corrected chi connectivity index (χ0v) is 8.77. The van der Waals surface area contributed by atoms with Crippen LogP contribution in [0.5, 0.6) is 5.75 Å². The first kappa shape index (κ1) is 11.5. The molecule has 4 N–H and O–H groups in total. The SMILES string of the molecule is CCCOc1cccc(C(N)C(N)=O)c1. The number of hydrogen-bond acceptors (Lipinski definition) is 3. The van der Waals surface area contributed by atoms with Crippen molar-refractivity contribution in [3.63, 3.8) is 0 Å². The molecular weight excluding hydrogens is 192 g/mol. The van der Waals surface area contributed by atoms with Gasteiger partial charge >= 0.3 is 0 Å². The lowest BCUT2D eigenvalue weighted by Gasteiger charge is -2.10. The van der Waals surface area contributed by atoms with Gasteiger partial charge in [-0.25, -0.2) is 0 Å². The Morgan fingerprint density at radius 2 is 2.27 bits per heavy atom. The summed E-state index contributed by atoms with van der Waals surface area (Å²) in [7, 11) is 0. The molecule has 0 aliphatic rings. The third-order valence-electron chi connectivity index (χ3n) is 2.00. The monoisotopic (exact) mass is 208 g/mol. The second-order valence-electron chi connectivity index (χ2n) is 3.30. The van der Waals surface area contributed by atoms with Gasteiger partial charge in [0.15, 0.2) is 0 Å². The van der Waals surface area contributed by atoms with E-state index in [0.29, 0.717) is 17.9 Å². The van der Waals surface area contributed by atoms with E-state index in [1.807, 2.05) is 13.0 Å². The van der Waals surface area contributed by atoms with Crippen LogP contribution in [0.4, 0.5) is 0 Å². The molecule has 4 nitrogen and oxygen atoms in total. The summed E-state index contributed by atoms with van der Waals surface area (Å²) in [6, 6.07) is 6.35. The maximum atomic E-state index is 10.9. The number of hydrogen-bond donors (Lipinski definition) is 2. The molecule has 1 aromatic rings. The Morgan fingerprint density at radius 3 is 2.87 bits per heavy atom. The van der Waals surface area contributed by atoms with E-state index in [1.54, 1.807) is 18.2 Å². The maximum Gasteiger partial charge on any atom is 0.238 e. The van der Waals surface area contributed by atoms with Crippen LogP contribution in [0.1, 0.15) is 24.9 Å². The molecule has 0 fully saturated rings. The zero-order chi connectivity index (χ0) is 11.3. The van der Waals surface area contributed by atoms with Crippen molar-refractivity contribution in [3.05, 3.63) is 29.8 Å². The summed E-state index contributed by atoms with van der Waals surface area (Å²) in [5, 5.41) is 0. The van der Waals surface area contributed by atoms with Gasteiger partial charge < -0.3 is 16.2 Å². The van der Waals surface area contributed by atoms with Crippen molar-refractivity contribution < 1.29 is 9.53 Å². The van der Waals surface area contributed by atoms with E-state index >= 15 is 0 Å². The highest BCUT2D eigenvalue weighted by atomic mass is 16.5. The standard InChI is InChI=1S/C11H16N2O2/c1-2-6-15-9-5-3-4-8(7-9)10(12)11(13)14/h3-5,7,10H,2,6,12H2,1H3,(H2,13,14). The minimum Gasteiger partial charge on any atom is -0.494 e. The van der Waals surface area contributed by atoms with Crippen molar-refractivity contribution >= 4 is 5.91 Å². The molecule has 1 atom stereocenters. The molecule has 0 aliphatic carbocycles. The third kappa shape index (κ3) is 3.25. The van der Waals surface area contributed by atoms with Crippen molar-refractivity contribution in [1.29, 1.82) is 0 Å². The Bertz CT molecular complexity index is 339. The first-order chi connectivity index (χ1) is 7.15. The quantitative estimate of drug-likeness (QED) is 0.756. The number of primary amides is 1. The highest BCUT2D eigenvalue weighted by Crippen LogP contribution is 2.17. The van der Waals surface area contributed by atoms with Gasteiger partial charge in [-0.05, 0) is 24.1 Å². The van der Waals surface area contributed by atoms with Crippen LogP contribution in [0.15, 0.2) is 24.3 Å². The van der Waals surface area contributed by atoms with Crippen LogP contribution >= 0.6 is 0 Å². The van der Waals surface area contributed by atoms with E-state index in [1.165, 1.54) is 0 Å². The second-order valence-corrected chi connectivity index (χ2v) is 3.30. The van der Waals surface area contributed by atoms with Gasteiger partial charge in [-0.1, -0.05) is 19.1 Å². The van der Waals surface area contributed by atoms with E-state index in [9.17, 15) is 4.79 Å². The molecule has 0 bridgehead atoms. The van der Waals surface area contributed by atoms with E-state index in [2.05, 4.69) is 0 Å². The highest BCUT2D eigenvalue weighted by Gasteiger charge is 2.12. The number of carbonyl (C=O) groups is 1. The number of nitrogens with two attached hydrogens (primary N) is 2. The molecule has 0 saturated carbocycles. The summed E-state index contributed by atoms with van der Waals surface area (Å²) in [4.78, 5) is 10.9. The Labute approximate surface area is 89.2 Å². The van der Waals surface area contributed by atoms with Crippen molar-refractivity contribution in [2.24, 2.45) is 11.5 Å². The fraction of sp³-hybridized carbons (Fsp3) is 0.364. The summed E-state index contributed by atoms with van der Waals surface area (Å²) < 4.78 is 5.42. The maximum absolute atomic E-state index is 10.9. The Hall–Kier alpha value is -1.55. The predicted molar refractivity (Wildman–Crippen MR) is 58.4 cm³/mol. The number of carbonyl (C=O) groups excluding carboxylic acids is 1. The molecule has 4 heteroatoms. The number of amides is 1. The van der Waals surface area contributed by atoms with E-state index < -0.39 is 11.9 Å². The first-order valence-electron chi connectivity index (χ1n) is 4.92. The van der Waals surface area contributed by atoms with Gasteiger partial charge in [0.25, 0.3) is 0 Å². The van der Waals surface area contributed by atoms with Gasteiger partial charge in [0.05, 0.1) is 6.61 Å². The summed E-state index contributed by atoms with van der Waals surface area (Å²) in [5.74, 6) is 0.175. The highest BCUT2D eigenvalue weighted by molar-refractivity contribution is 5.81. The lowest BCUT2D eigenvalue weighted by Crippen LogP contribution is -2.28. The van der Waals surface area contributed by atoms with Crippen LogP contribution in [0.3, 0.4) is 0 Å². The molecular formula is C11H16N2O2. The number of rotatable bonds is 5.